The molecule has 4 nitrogen and oxygen atoms in total. The summed E-state index contributed by atoms with van der Waals surface area (Å²) in [5.41, 5.74) is 1.42. The molecule has 0 radical (unpaired) electrons. The first-order chi connectivity index (χ1) is 12.1. The highest BCUT2D eigenvalue weighted by Gasteiger charge is 2.29. The summed E-state index contributed by atoms with van der Waals surface area (Å²) in [6, 6.07) is 16.0. The third-order valence-electron chi connectivity index (χ3n) is 4.70. The number of amides is 1. The maximum absolute atomic E-state index is 13.4. The van der Waals surface area contributed by atoms with Crippen molar-refractivity contribution in [3.63, 3.8) is 0 Å². The standard InChI is InChI=1S/C20H19FN2O2/c1-22-18-8-7-15(21)11-14(18)12-19(22)20(24)23-10-9-17(13-23)25-16-5-3-2-4-6-16/h2-8,11-12,17H,9-10,13H2,1H3/t17-/m1/s1. The first-order valence-corrected chi connectivity index (χ1v) is 8.38. The molecule has 1 fully saturated rings. The number of hydrogen-bond acceptors (Lipinski definition) is 2. The third kappa shape index (κ3) is 2.97. The Bertz CT molecular complexity index is 920. The molecule has 3 aromatic rings. The Balaban J connectivity index is 1.51. The lowest BCUT2D eigenvalue weighted by molar-refractivity contribution is 0.0763. The van der Waals surface area contributed by atoms with Gasteiger partial charge in [0.15, 0.2) is 0 Å². The number of ether oxygens (including phenoxy) is 1. The Morgan fingerprint density at radius 3 is 2.76 bits per heavy atom. The van der Waals surface area contributed by atoms with Crippen LogP contribution in [0.3, 0.4) is 0 Å². The molecule has 0 bridgehead atoms. The minimum atomic E-state index is -0.297. The lowest BCUT2D eigenvalue weighted by atomic mass is 10.2. The summed E-state index contributed by atoms with van der Waals surface area (Å²) in [5.74, 6) is 0.481. The summed E-state index contributed by atoms with van der Waals surface area (Å²) in [4.78, 5) is 14.7. The molecule has 1 saturated heterocycles. The number of rotatable bonds is 3. The Hall–Kier alpha value is -2.82. The molecule has 0 aliphatic carbocycles. The van der Waals surface area contributed by atoms with Crippen LogP contribution in [0.25, 0.3) is 10.9 Å². The van der Waals surface area contributed by atoms with Crippen LogP contribution >= 0.6 is 0 Å². The molecule has 2 aromatic carbocycles. The van der Waals surface area contributed by atoms with Crippen molar-refractivity contribution >= 4 is 16.8 Å². The van der Waals surface area contributed by atoms with Gasteiger partial charge in [0.25, 0.3) is 5.91 Å². The van der Waals surface area contributed by atoms with E-state index in [9.17, 15) is 9.18 Å². The van der Waals surface area contributed by atoms with Crippen molar-refractivity contribution in [3.05, 3.63) is 66.1 Å². The van der Waals surface area contributed by atoms with Crippen LogP contribution in [0, 0.1) is 5.82 Å². The van der Waals surface area contributed by atoms with Gasteiger partial charge < -0.3 is 14.2 Å². The van der Waals surface area contributed by atoms with Gasteiger partial charge in [-0.3, -0.25) is 4.79 Å². The van der Waals surface area contributed by atoms with E-state index >= 15 is 0 Å². The van der Waals surface area contributed by atoms with Crippen LogP contribution in [0.1, 0.15) is 16.9 Å². The van der Waals surface area contributed by atoms with Crippen molar-refractivity contribution in [2.24, 2.45) is 7.05 Å². The zero-order valence-corrected chi connectivity index (χ0v) is 14.0. The number of likely N-dealkylation sites (tertiary alicyclic amines) is 1. The highest BCUT2D eigenvalue weighted by Crippen LogP contribution is 2.24. The largest absolute Gasteiger partial charge is 0.489 e. The average molecular weight is 338 g/mol. The van der Waals surface area contributed by atoms with E-state index in [1.807, 2.05) is 41.9 Å². The van der Waals surface area contributed by atoms with Crippen LogP contribution in [0.2, 0.25) is 0 Å². The number of fused-ring (bicyclic) bond motifs is 1. The fourth-order valence-electron chi connectivity index (χ4n) is 3.39. The number of aromatic nitrogens is 1. The number of nitrogens with zero attached hydrogens (tertiary/aromatic N) is 2. The van der Waals surface area contributed by atoms with Crippen molar-refractivity contribution in [2.75, 3.05) is 13.1 Å². The molecule has 0 unspecified atom stereocenters. The Labute approximate surface area is 145 Å². The lowest BCUT2D eigenvalue weighted by Crippen LogP contribution is -2.32. The summed E-state index contributed by atoms with van der Waals surface area (Å²) < 4.78 is 21.2. The van der Waals surface area contributed by atoms with Crippen molar-refractivity contribution in [3.8, 4) is 5.75 Å². The van der Waals surface area contributed by atoms with E-state index in [0.717, 1.165) is 23.1 Å². The minimum absolute atomic E-state index is 0.00141. The molecule has 5 heteroatoms. The van der Waals surface area contributed by atoms with Gasteiger partial charge in [-0.1, -0.05) is 18.2 Å². The van der Waals surface area contributed by atoms with E-state index in [0.29, 0.717) is 18.8 Å². The van der Waals surface area contributed by atoms with Gasteiger partial charge in [-0.05, 0) is 36.4 Å². The van der Waals surface area contributed by atoms with E-state index < -0.39 is 0 Å². The number of carbonyl (C=O) groups excluding carboxylic acids is 1. The molecule has 1 aliphatic rings. The molecule has 1 amide bonds. The van der Waals surface area contributed by atoms with Gasteiger partial charge in [-0.15, -0.1) is 0 Å². The summed E-state index contributed by atoms with van der Waals surface area (Å²) in [5, 5.41) is 0.738. The van der Waals surface area contributed by atoms with Crippen LogP contribution in [0.5, 0.6) is 5.75 Å². The predicted molar refractivity (Wildman–Crippen MR) is 94.3 cm³/mol. The molecule has 128 valence electrons. The molecule has 25 heavy (non-hydrogen) atoms. The summed E-state index contributed by atoms with van der Waals surface area (Å²) in [6.45, 7) is 1.22. The molecule has 2 heterocycles. The van der Waals surface area contributed by atoms with Crippen LogP contribution in [-0.4, -0.2) is 34.6 Å². The van der Waals surface area contributed by atoms with Crippen LogP contribution in [-0.2, 0) is 7.05 Å². The number of benzene rings is 2. The fourth-order valence-corrected chi connectivity index (χ4v) is 3.39. The normalized spacial score (nSPS) is 17.2. The number of halogens is 1. The first-order valence-electron chi connectivity index (χ1n) is 8.38. The second-order valence-corrected chi connectivity index (χ2v) is 6.38. The van der Waals surface area contributed by atoms with Crippen LogP contribution < -0.4 is 4.74 Å². The van der Waals surface area contributed by atoms with Crippen molar-refractivity contribution in [2.45, 2.75) is 12.5 Å². The topological polar surface area (TPSA) is 34.5 Å². The molecule has 0 spiro atoms. The van der Waals surface area contributed by atoms with E-state index in [-0.39, 0.29) is 17.8 Å². The van der Waals surface area contributed by atoms with Gasteiger partial charge >= 0.3 is 0 Å². The van der Waals surface area contributed by atoms with Crippen molar-refractivity contribution in [1.82, 2.24) is 9.47 Å². The van der Waals surface area contributed by atoms with Gasteiger partial charge in [-0.2, -0.15) is 0 Å². The number of hydrogen-bond donors (Lipinski definition) is 0. The summed E-state index contributed by atoms with van der Waals surface area (Å²) >= 11 is 0. The molecular formula is C20H19FN2O2. The van der Waals surface area contributed by atoms with Gasteiger partial charge in [0.05, 0.1) is 6.54 Å². The van der Waals surface area contributed by atoms with Crippen LogP contribution in [0.15, 0.2) is 54.6 Å². The molecule has 1 aromatic heterocycles. The van der Waals surface area contributed by atoms with Gasteiger partial charge in [0.2, 0.25) is 0 Å². The van der Waals surface area contributed by atoms with E-state index in [2.05, 4.69) is 0 Å². The SMILES string of the molecule is Cn1c(C(=O)N2CC[C@@H](Oc3ccccc3)C2)cc2cc(F)ccc21. The first kappa shape index (κ1) is 15.7. The predicted octanol–water partition coefficient (Wildman–Crippen LogP) is 3.61. The second-order valence-electron chi connectivity index (χ2n) is 6.38. The zero-order valence-electron chi connectivity index (χ0n) is 14.0. The Morgan fingerprint density at radius 2 is 1.96 bits per heavy atom. The maximum Gasteiger partial charge on any atom is 0.270 e. The van der Waals surface area contributed by atoms with E-state index in [1.54, 1.807) is 17.0 Å². The quantitative estimate of drug-likeness (QED) is 0.731. The minimum Gasteiger partial charge on any atom is -0.489 e. The highest BCUT2D eigenvalue weighted by molar-refractivity contribution is 5.98. The smallest absolute Gasteiger partial charge is 0.270 e. The highest BCUT2D eigenvalue weighted by atomic mass is 19.1. The number of carbonyl (C=O) groups is 1. The van der Waals surface area contributed by atoms with Gasteiger partial charge in [-0.25, -0.2) is 4.39 Å². The lowest BCUT2D eigenvalue weighted by Gasteiger charge is -2.17. The van der Waals surface area contributed by atoms with Gasteiger partial charge in [0, 0.05) is 30.9 Å². The van der Waals surface area contributed by atoms with Gasteiger partial charge in [0.1, 0.15) is 23.4 Å². The van der Waals surface area contributed by atoms with Crippen LogP contribution in [0.4, 0.5) is 4.39 Å². The molecule has 1 atom stereocenters. The number of aryl methyl sites for hydroxylation is 1. The molecule has 1 aliphatic heterocycles. The van der Waals surface area contributed by atoms with E-state index in [1.165, 1.54) is 12.1 Å². The van der Waals surface area contributed by atoms with Crippen molar-refractivity contribution < 1.29 is 13.9 Å². The Kier molecular flexibility index (Phi) is 3.92. The molecular weight excluding hydrogens is 319 g/mol. The maximum atomic E-state index is 13.4. The monoisotopic (exact) mass is 338 g/mol. The molecule has 0 N–H and O–H groups in total. The molecule has 0 saturated carbocycles. The average Bonchev–Trinajstić information content (AvgIpc) is 3.20. The summed E-state index contributed by atoms with van der Waals surface area (Å²) in [7, 11) is 1.83. The third-order valence-corrected chi connectivity index (χ3v) is 4.70. The van der Waals surface area contributed by atoms with Crippen molar-refractivity contribution in [1.29, 1.82) is 0 Å². The Morgan fingerprint density at radius 1 is 1.16 bits per heavy atom. The number of para-hydroxylation sites is 1. The van der Waals surface area contributed by atoms with E-state index in [4.69, 9.17) is 4.74 Å². The molecule has 4 rings (SSSR count). The fraction of sp³-hybridized carbons (Fsp3) is 0.250. The second kappa shape index (κ2) is 6.24. The zero-order chi connectivity index (χ0) is 17.4. The summed E-state index contributed by atoms with van der Waals surface area (Å²) in [6.07, 6.45) is 0.803.